The monoisotopic (exact) mass is 519 g/mol. The fourth-order valence-corrected chi connectivity index (χ4v) is 8.30. The number of ether oxygens (including phenoxy) is 1. The largest absolute Gasteiger partial charge is 0.391 e. The van der Waals surface area contributed by atoms with Crippen LogP contribution < -0.4 is 5.73 Å². The lowest BCUT2D eigenvalue weighted by atomic mass is 9.53. The summed E-state index contributed by atoms with van der Waals surface area (Å²) in [6.45, 7) is 2.33. The summed E-state index contributed by atoms with van der Waals surface area (Å²) < 4.78 is 7.29. The van der Waals surface area contributed by atoms with Gasteiger partial charge in [-0.3, -0.25) is 0 Å². The molecule has 4 aliphatic rings. The van der Waals surface area contributed by atoms with Crippen molar-refractivity contribution in [1.29, 1.82) is 5.26 Å². The fourth-order valence-electron chi connectivity index (χ4n) is 7.99. The number of allylic oxidation sites excluding steroid dienone is 1. The maximum absolute atomic E-state index is 10.9. The highest BCUT2D eigenvalue weighted by Crippen LogP contribution is 2.67. The van der Waals surface area contributed by atoms with Gasteiger partial charge in [-0.25, -0.2) is 4.98 Å². The average Bonchev–Trinajstić information content (AvgIpc) is 3.40. The topological polar surface area (TPSA) is 111 Å². The molecular formula is C29H38N5O2P. The lowest BCUT2D eigenvalue weighted by Gasteiger charge is -2.59. The Hall–Kier alpha value is -2.23. The SMILES string of the molecule is CC1CCC2(C#N)C=C3CC(O)[C@@H](N(C)C)C[C@]34CC[C@]2(O4)C1C/C=C(\P)c1ccc2nc(N)[nH]c2c1. The van der Waals surface area contributed by atoms with Gasteiger partial charge in [-0.1, -0.05) is 25.1 Å². The molecule has 3 fully saturated rings. The van der Waals surface area contributed by atoms with Crippen LogP contribution in [-0.4, -0.2) is 57.4 Å². The normalized spacial score (nSPS) is 39.3. The molecule has 0 radical (unpaired) electrons. The van der Waals surface area contributed by atoms with Crippen molar-refractivity contribution in [2.75, 3.05) is 19.8 Å². The van der Waals surface area contributed by atoms with Crippen molar-refractivity contribution in [3.63, 3.8) is 0 Å². The Kier molecular flexibility index (Phi) is 5.86. The number of nitrogens with one attached hydrogen (secondary N) is 1. The van der Waals surface area contributed by atoms with Crippen LogP contribution in [0.5, 0.6) is 0 Å². The van der Waals surface area contributed by atoms with E-state index in [0.29, 0.717) is 18.3 Å². The molecule has 2 aromatic rings. The second kappa shape index (κ2) is 8.64. The van der Waals surface area contributed by atoms with E-state index in [1.807, 2.05) is 20.2 Å². The number of aliphatic hydroxyl groups excluding tert-OH is 1. The summed E-state index contributed by atoms with van der Waals surface area (Å²) >= 11 is 0. The van der Waals surface area contributed by atoms with Gasteiger partial charge in [0, 0.05) is 6.04 Å². The number of rotatable bonds is 4. The number of nitrogens with zero attached hydrogens (tertiary/aromatic N) is 3. The first kappa shape index (κ1) is 25.1. The van der Waals surface area contributed by atoms with E-state index >= 15 is 0 Å². The molecular weight excluding hydrogens is 481 g/mol. The third-order valence-electron chi connectivity index (χ3n) is 10.0. The Balaban J connectivity index is 1.35. The van der Waals surface area contributed by atoms with Gasteiger partial charge < -0.3 is 25.5 Å². The number of benzene rings is 1. The predicted molar refractivity (Wildman–Crippen MR) is 149 cm³/mol. The van der Waals surface area contributed by atoms with E-state index in [1.165, 1.54) is 0 Å². The van der Waals surface area contributed by atoms with Crippen LogP contribution in [-0.2, 0) is 4.74 Å². The van der Waals surface area contributed by atoms with Gasteiger partial charge >= 0.3 is 0 Å². The Labute approximate surface area is 221 Å². The van der Waals surface area contributed by atoms with Gasteiger partial charge in [-0.15, -0.1) is 9.24 Å². The fraction of sp³-hybridized carbons (Fsp3) is 0.586. The number of nitrogen functional groups attached to an aromatic ring is 1. The smallest absolute Gasteiger partial charge is 0.198 e. The zero-order valence-corrected chi connectivity index (χ0v) is 23.2. The van der Waals surface area contributed by atoms with Gasteiger partial charge in [-0.05, 0) is 99.5 Å². The molecule has 2 aliphatic heterocycles. The van der Waals surface area contributed by atoms with E-state index in [-0.39, 0.29) is 17.6 Å². The minimum Gasteiger partial charge on any atom is -0.391 e. The summed E-state index contributed by atoms with van der Waals surface area (Å²) in [4.78, 5) is 9.56. The molecule has 2 saturated carbocycles. The summed E-state index contributed by atoms with van der Waals surface area (Å²) in [7, 11) is 6.98. The molecule has 6 rings (SSSR count). The summed E-state index contributed by atoms with van der Waals surface area (Å²) in [5, 5.41) is 22.7. The summed E-state index contributed by atoms with van der Waals surface area (Å²) in [5.74, 6) is 1.12. The van der Waals surface area contributed by atoms with Crippen LogP contribution in [0.25, 0.3) is 16.3 Å². The quantitative estimate of drug-likeness (QED) is 0.402. The van der Waals surface area contributed by atoms with Crippen molar-refractivity contribution in [3.8, 4) is 6.07 Å². The van der Waals surface area contributed by atoms with Crippen LogP contribution in [0.15, 0.2) is 35.9 Å². The molecule has 196 valence electrons. The highest BCUT2D eigenvalue weighted by Gasteiger charge is 2.70. The molecule has 1 aromatic heterocycles. The first-order valence-electron chi connectivity index (χ1n) is 13.5. The molecule has 8 heteroatoms. The molecule has 8 atom stereocenters. The van der Waals surface area contributed by atoms with Crippen LogP contribution >= 0.6 is 9.24 Å². The van der Waals surface area contributed by atoms with Gasteiger partial charge in [0.05, 0.1) is 34.4 Å². The highest BCUT2D eigenvalue weighted by molar-refractivity contribution is 7.31. The lowest BCUT2D eigenvalue weighted by Crippen LogP contribution is -2.63. The molecule has 4 N–H and O–H groups in total. The zero-order chi connectivity index (χ0) is 26.2. The first-order valence-corrected chi connectivity index (χ1v) is 14.1. The second-order valence-electron chi connectivity index (χ2n) is 12.1. The Morgan fingerprint density at radius 1 is 1.38 bits per heavy atom. The van der Waals surface area contributed by atoms with Crippen LogP contribution in [0.2, 0.25) is 0 Å². The molecule has 2 aliphatic carbocycles. The maximum Gasteiger partial charge on any atom is 0.198 e. The number of likely N-dealkylation sites (N-methyl/N-ethyl adjacent to an activating group) is 1. The molecule has 1 aromatic carbocycles. The number of aromatic amines is 1. The van der Waals surface area contributed by atoms with E-state index in [2.05, 4.69) is 61.4 Å². The number of anilines is 1. The molecule has 0 amide bonds. The van der Waals surface area contributed by atoms with Crippen molar-refractivity contribution in [2.45, 2.75) is 75.2 Å². The van der Waals surface area contributed by atoms with Crippen molar-refractivity contribution < 1.29 is 9.84 Å². The van der Waals surface area contributed by atoms with Gasteiger partial charge in [-0.2, -0.15) is 5.26 Å². The summed E-state index contributed by atoms with van der Waals surface area (Å²) in [6.07, 6.45) is 10.0. The summed E-state index contributed by atoms with van der Waals surface area (Å²) in [6, 6.07) is 8.99. The van der Waals surface area contributed by atoms with Crippen molar-refractivity contribution >= 4 is 31.5 Å². The number of H-pyrrole nitrogens is 1. The molecule has 37 heavy (non-hydrogen) atoms. The number of hydrogen-bond acceptors (Lipinski definition) is 6. The lowest BCUT2D eigenvalue weighted by molar-refractivity contribution is -0.208. The minimum absolute atomic E-state index is 0.0614. The number of hydrogen-bond donors (Lipinski definition) is 3. The molecule has 5 unspecified atom stereocenters. The Bertz CT molecular complexity index is 1340. The van der Waals surface area contributed by atoms with Gasteiger partial charge in [0.25, 0.3) is 0 Å². The molecule has 2 bridgehead atoms. The molecule has 7 nitrogen and oxygen atoms in total. The summed E-state index contributed by atoms with van der Waals surface area (Å²) in [5.41, 5.74) is 8.42. The number of fused-ring (bicyclic) bond motifs is 1. The molecule has 3 heterocycles. The van der Waals surface area contributed by atoms with E-state index in [4.69, 9.17) is 10.5 Å². The van der Waals surface area contributed by atoms with Crippen molar-refractivity contribution in [3.05, 3.63) is 41.5 Å². The van der Waals surface area contributed by atoms with Gasteiger partial charge in [0.2, 0.25) is 0 Å². The second-order valence-corrected chi connectivity index (χ2v) is 12.7. The highest BCUT2D eigenvalue weighted by atomic mass is 31.0. The third kappa shape index (κ3) is 3.64. The Morgan fingerprint density at radius 2 is 2.19 bits per heavy atom. The van der Waals surface area contributed by atoms with Crippen LogP contribution in [0.3, 0.4) is 0 Å². The number of nitrogens with two attached hydrogens (primary N) is 1. The predicted octanol–water partition coefficient (Wildman–Crippen LogP) is 4.62. The van der Waals surface area contributed by atoms with E-state index < -0.39 is 17.1 Å². The molecule has 1 saturated heterocycles. The minimum atomic E-state index is -0.634. The van der Waals surface area contributed by atoms with Crippen LogP contribution in [0, 0.1) is 28.6 Å². The van der Waals surface area contributed by atoms with Gasteiger partial charge in [0.1, 0.15) is 5.41 Å². The van der Waals surface area contributed by atoms with E-state index in [9.17, 15) is 10.4 Å². The van der Waals surface area contributed by atoms with E-state index in [1.54, 1.807) is 0 Å². The van der Waals surface area contributed by atoms with Crippen LogP contribution in [0.4, 0.5) is 5.95 Å². The average molecular weight is 520 g/mol. The number of nitriles is 1. The van der Waals surface area contributed by atoms with Crippen molar-refractivity contribution in [1.82, 2.24) is 14.9 Å². The zero-order valence-electron chi connectivity index (χ0n) is 22.0. The Morgan fingerprint density at radius 3 is 2.95 bits per heavy atom. The molecule has 2 spiro atoms. The third-order valence-corrected chi connectivity index (χ3v) is 10.6. The van der Waals surface area contributed by atoms with E-state index in [0.717, 1.165) is 66.0 Å². The first-order chi connectivity index (χ1) is 17.6. The van der Waals surface area contributed by atoms with Crippen LogP contribution in [0.1, 0.15) is 57.4 Å². The number of aliphatic hydroxyl groups is 1. The number of aromatic nitrogens is 2. The standard InChI is InChI=1S/C29H38N5O2P/c1-17-8-9-27(16-30)14-19-13-24(35)23(34(2)3)15-28(19)10-11-29(27,36-28)20(17)5-7-25(37)18-4-6-21-22(12-18)33-26(31)32-21/h4,6-7,12,14,17,20,23-24,35H,5,8-11,13,15,37H2,1-3H3,(H3,31,32,33)/b25-7-/t17?,20?,23-,24?,27?,28+,29-/m0/s1. The number of imidazole rings is 1. The van der Waals surface area contributed by atoms with Gasteiger partial charge in [0.15, 0.2) is 5.95 Å². The van der Waals surface area contributed by atoms with Crippen molar-refractivity contribution in [2.24, 2.45) is 17.3 Å². The maximum atomic E-state index is 10.9.